The Morgan fingerprint density at radius 3 is 1.81 bits per heavy atom. The molecular formula is C16H33. The summed E-state index contributed by atoms with van der Waals surface area (Å²) < 4.78 is 0. The van der Waals surface area contributed by atoms with Gasteiger partial charge in [-0.25, -0.2) is 0 Å². The van der Waals surface area contributed by atoms with E-state index in [0.29, 0.717) is 5.41 Å². The Bertz CT molecular complexity index is 141. The van der Waals surface area contributed by atoms with Crippen molar-refractivity contribution in [2.75, 3.05) is 0 Å². The third-order valence-electron chi connectivity index (χ3n) is 3.04. The minimum atomic E-state index is 0.477. The average Bonchev–Trinajstić information content (AvgIpc) is 2.13. The zero-order valence-electron chi connectivity index (χ0n) is 12.4. The minimum absolute atomic E-state index is 0.477. The second kappa shape index (κ2) is 9.07. The zero-order chi connectivity index (χ0) is 12.4. The van der Waals surface area contributed by atoms with Gasteiger partial charge in [-0.2, -0.15) is 0 Å². The van der Waals surface area contributed by atoms with Crippen molar-refractivity contribution in [3.63, 3.8) is 0 Å². The molecule has 0 fully saturated rings. The molecule has 0 nitrogen and oxygen atoms in total. The Labute approximate surface area is 104 Å². The lowest BCUT2D eigenvalue weighted by Gasteiger charge is -2.22. The highest BCUT2D eigenvalue weighted by Gasteiger charge is 2.14. The molecule has 0 aromatic rings. The monoisotopic (exact) mass is 225 g/mol. The van der Waals surface area contributed by atoms with Crippen LogP contribution in [-0.2, 0) is 0 Å². The SMILES string of the molecule is CCCCCCCCC[C](C)CC(C)(C)C. The quantitative estimate of drug-likeness (QED) is 0.412. The van der Waals surface area contributed by atoms with Crippen molar-refractivity contribution in [2.45, 2.75) is 92.4 Å². The van der Waals surface area contributed by atoms with Crippen molar-refractivity contribution in [1.29, 1.82) is 0 Å². The first kappa shape index (κ1) is 16.0. The molecule has 0 aromatic carbocycles. The van der Waals surface area contributed by atoms with Crippen molar-refractivity contribution in [3.8, 4) is 0 Å². The van der Waals surface area contributed by atoms with E-state index in [2.05, 4.69) is 34.6 Å². The van der Waals surface area contributed by atoms with Crippen LogP contribution in [0.1, 0.15) is 92.4 Å². The van der Waals surface area contributed by atoms with Crippen LogP contribution in [0.2, 0.25) is 0 Å². The van der Waals surface area contributed by atoms with Crippen LogP contribution in [0.25, 0.3) is 0 Å². The van der Waals surface area contributed by atoms with Crippen LogP contribution in [0, 0.1) is 11.3 Å². The minimum Gasteiger partial charge on any atom is -0.0654 e. The molecule has 0 rings (SSSR count). The zero-order valence-corrected chi connectivity index (χ0v) is 12.4. The molecule has 0 heterocycles. The molecule has 0 atom stereocenters. The maximum Gasteiger partial charge on any atom is -0.0267 e. The third-order valence-corrected chi connectivity index (χ3v) is 3.04. The molecule has 0 unspecified atom stereocenters. The highest BCUT2D eigenvalue weighted by molar-refractivity contribution is 4.88. The van der Waals surface area contributed by atoms with Crippen molar-refractivity contribution in [3.05, 3.63) is 5.92 Å². The molecule has 0 spiro atoms. The van der Waals surface area contributed by atoms with E-state index in [0.717, 1.165) is 0 Å². The summed E-state index contributed by atoms with van der Waals surface area (Å²) in [6, 6.07) is 0. The fourth-order valence-corrected chi connectivity index (χ4v) is 2.38. The highest BCUT2D eigenvalue weighted by atomic mass is 14.2. The molecule has 97 valence electrons. The highest BCUT2D eigenvalue weighted by Crippen LogP contribution is 2.28. The van der Waals surface area contributed by atoms with Crippen molar-refractivity contribution < 1.29 is 0 Å². The van der Waals surface area contributed by atoms with Gasteiger partial charge in [-0.05, 0) is 24.2 Å². The summed E-state index contributed by atoms with van der Waals surface area (Å²) in [4.78, 5) is 0. The molecule has 0 amide bonds. The van der Waals surface area contributed by atoms with E-state index in [1.165, 1.54) is 57.8 Å². The number of hydrogen-bond donors (Lipinski definition) is 0. The van der Waals surface area contributed by atoms with Crippen molar-refractivity contribution in [2.24, 2.45) is 5.41 Å². The maximum absolute atomic E-state index is 2.34. The molecular weight excluding hydrogens is 192 g/mol. The van der Waals surface area contributed by atoms with Crippen LogP contribution >= 0.6 is 0 Å². The van der Waals surface area contributed by atoms with Crippen LogP contribution in [0.4, 0.5) is 0 Å². The molecule has 0 aliphatic rings. The van der Waals surface area contributed by atoms with Crippen LogP contribution in [-0.4, -0.2) is 0 Å². The Kier molecular flexibility index (Phi) is 9.07. The summed E-state index contributed by atoms with van der Waals surface area (Å²) in [5, 5.41) is 0. The van der Waals surface area contributed by atoms with E-state index in [9.17, 15) is 0 Å². The Balaban J connectivity index is 3.25. The standard InChI is InChI=1S/C16H33/c1-6-7-8-9-10-11-12-13-15(2)14-16(3,4)5/h6-14H2,1-5H3. The normalized spacial score (nSPS) is 12.4. The lowest BCUT2D eigenvalue weighted by atomic mass is 9.83. The molecule has 0 heteroatoms. The first-order chi connectivity index (χ1) is 7.45. The van der Waals surface area contributed by atoms with Crippen LogP contribution < -0.4 is 0 Å². The smallest absolute Gasteiger partial charge is 0.0267 e. The summed E-state index contributed by atoms with van der Waals surface area (Å²) in [5.41, 5.74) is 0.477. The van der Waals surface area contributed by atoms with Gasteiger partial charge in [-0.1, -0.05) is 79.6 Å². The molecule has 1 radical (unpaired) electrons. The van der Waals surface area contributed by atoms with Gasteiger partial charge in [0.05, 0.1) is 0 Å². The summed E-state index contributed by atoms with van der Waals surface area (Å²) in [6.07, 6.45) is 12.6. The van der Waals surface area contributed by atoms with Gasteiger partial charge in [0.2, 0.25) is 0 Å². The van der Waals surface area contributed by atoms with Gasteiger partial charge in [0.15, 0.2) is 0 Å². The van der Waals surface area contributed by atoms with Gasteiger partial charge in [0.1, 0.15) is 0 Å². The molecule has 0 N–H and O–H groups in total. The lowest BCUT2D eigenvalue weighted by molar-refractivity contribution is 0.376. The fraction of sp³-hybridized carbons (Fsp3) is 0.938. The van der Waals surface area contributed by atoms with Gasteiger partial charge >= 0.3 is 0 Å². The molecule has 0 aromatic heterocycles. The number of rotatable bonds is 9. The summed E-state index contributed by atoms with van der Waals surface area (Å²) in [7, 11) is 0. The molecule has 0 aliphatic carbocycles. The molecule has 0 bridgehead atoms. The van der Waals surface area contributed by atoms with Gasteiger partial charge in [-0.15, -0.1) is 0 Å². The molecule has 16 heavy (non-hydrogen) atoms. The van der Waals surface area contributed by atoms with E-state index in [4.69, 9.17) is 0 Å². The van der Waals surface area contributed by atoms with Gasteiger partial charge in [0, 0.05) is 0 Å². The van der Waals surface area contributed by atoms with Crippen LogP contribution in [0.3, 0.4) is 0 Å². The summed E-state index contributed by atoms with van der Waals surface area (Å²) in [5.74, 6) is 1.70. The summed E-state index contributed by atoms with van der Waals surface area (Å²) >= 11 is 0. The number of unbranched alkanes of at least 4 members (excludes halogenated alkanes) is 6. The fourth-order valence-electron chi connectivity index (χ4n) is 2.38. The Morgan fingerprint density at radius 1 is 0.812 bits per heavy atom. The first-order valence-electron chi connectivity index (χ1n) is 7.27. The van der Waals surface area contributed by atoms with Gasteiger partial charge < -0.3 is 0 Å². The second-order valence-electron chi connectivity index (χ2n) is 6.57. The van der Waals surface area contributed by atoms with Crippen LogP contribution in [0.15, 0.2) is 0 Å². The predicted molar refractivity (Wildman–Crippen MR) is 75.6 cm³/mol. The Morgan fingerprint density at radius 2 is 1.31 bits per heavy atom. The number of hydrogen-bond acceptors (Lipinski definition) is 0. The largest absolute Gasteiger partial charge is 0.0654 e. The topological polar surface area (TPSA) is 0 Å². The maximum atomic E-state index is 2.34. The van der Waals surface area contributed by atoms with Crippen LogP contribution in [0.5, 0.6) is 0 Å². The molecule has 0 saturated carbocycles. The third kappa shape index (κ3) is 12.1. The van der Waals surface area contributed by atoms with Gasteiger partial charge in [-0.3, -0.25) is 0 Å². The second-order valence-corrected chi connectivity index (χ2v) is 6.57. The molecule has 0 saturated heterocycles. The summed E-state index contributed by atoms with van der Waals surface area (Å²) in [6.45, 7) is 11.6. The van der Waals surface area contributed by atoms with E-state index in [-0.39, 0.29) is 0 Å². The average molecular weight is 225 g/mol. The van der Waals surface area contributed by atoms with Crippen molar-refractivity contribution in [1.82, 2.24) is 0 Å². The Hall–Kier alpha value is 0. The van der Waals surface area contributed by atoms with E-state index >= 15 is 0 Å². The van der Waals surface area contributed by atoms with E-state index in [1.807, 2.05) is 0 Å². The van der Waals surface area contributed by atoms with Crippen molar-refractivity contribution >= 4 is 0 Å². The first-order valence-corrected chi connectivity index (χ1v) is 7.27. The van der Waals surface area contributed by atoms with E-state index < -0.39 is 0 Å². The predicted octanol–water partition coefficient (Wildman–Crippen LogP) is 6.16. The molecule has 0 aliphatic heterocycles. The van der Waals surface area contributed by atoms with Gasteiger partial charge in [0.25, 0.3) is 0 Å². The van der Waals surface area contributed by atoms with E-state index in [1.54, 1.807) is 5.92 Å². The lowest BCUT2D eigenvalue weighted by Crippen LogP contribution is -2.09.